The Bertz CT molecular complexity index is 482. The van der Waals surface area contributed by atoms with Gasteiger partial charge in [0.2, 0.25) is 0 Å². The van der Waals surface area contributed by atoms with Crippen molar-refractivity contribution in [1.29, 1.82) is 0 Å². The van der Waals surface area contributed by atoms with E-state index < -0.39 is 0 Å². The van der Waals surface area contributed by atoms with E-state index in [1.54, 1.807) is 6.20 Å². The molecule has 0 bridgehead atoms. The molecule has 0 saturated heterocycles. The monoisotopic (exact) mass is 228 g/mol. The lowest BCUT2D eigenvalue weighted by atomic mass is 10.2. The highest BCUT2D eigenvalue weighted by molar-refractivity contribution is 5.45. The molecule has 0 amide bonds. The van der Waals surface area contributed by atoms with Gasteiger partial charge in [-0.15, -0.1) is 0 Å². The SMILES string of the molecule is Cc1ccc(CN)c(NCc2ccccn2)n1. The Morgan fingerprint density at radius 2 is 2.12 bits per heavy atom. The molecule has 17 heavy (non-hydrogen) atoms. The number of hydrogen-bond donors (Lipinski definition) is 2. The largest absolute Gasteiger partial charge is 0.364 e. The lowest BCUT2D eigenvalue weighted by Crippen LogP contribution is -2.08. The maximum atomic E-state index is 5.67. The fourth-order valence-corrected chi connectivity index (χ4v) is 1.58. The average molecular weight is 228 g/mol. The maximum Gasteiger partial charge on any atom is 0.131 e. The van der Waals surface area contributed by atoms with E-state index in [9.17, 15) is 0 Å². The lowest BCUT2D eigenvalue weighted by Gasteiger charge is -2.10. The molecule has 0 saturated carbocycles. The zero-order valence-electron chi connectivity index (χ0n) is 9.85. The summed E-state index contributed by atoms with van der Waals surface area (Å²) in [5, 5.41) is 3.27. The minimum Gasteiger partial charge on any atom is -0.364 e. The Balaban J connectivity index is 2.11. The van der Waals surface area contributed by atoms with Crippen molar-refractivity contribution in [3.8, 4) is 0 Å². The first-order valence-electron chi connectivity index (χ1n) is 5.60. The fourth-order valence-electron chi connectivity index (χ4n) is 1.58. The Morgan fingerprint density at radius 1 is 1.24 bits per heavy atom. The number of anilines is 1. The van der Waals surface area contributed by atoms with Crippen LogP contribution >= 0.6 is 0 Å². The van der Waals surface area contributed by atoms with Gasteiger partial charge < -0.3 is 11.1 Å². The Labute approximate surface area is 101 Å². The molecule has 2 heterocycles. The number of hydrogen-bond acceptors (Lipinski definition) is 4. The van der Waals surface area contributed by atoms with Crippen LogP contribution in [0.15, 0.2) is 36.5 Å². The smallest absolute Gasteiger partial charge is 0.131 e. The molecule has 2 aromatic rings. The van der Waals surface area contributed by atoms with E-state index in [2.05, 4.69) is 15.3 Å². The van der Waals surface area contributed by atoms with Gasteiger partial charge in [0.05, 0.1) is 12.2 Å². The number of nitrogens with zero attached hydrogens (tertiary/aromatic N) is 2. The predicted molar refractivity (Wildman–Crippen MR) is 68.4 cm³/mol. The highest BCUT2D eigenvalue weighted by Gasteiger charge is 2.02. The quantitative estimate of drug-likeness (QED) is 0.838. The summed E-state index contributed by atoms with van der Waals surface area (Å²) >= 11 is 0. The van der Waals surface area contributed by atoms with E-state index in [1.165, 1.54) is 0 Å². The summed E-state index contributed by atoms with van der Waals surface area (Å²) in [7, 11) is 0. The summed E-state index contributed by atoms with van der Waals surface area (Å²) in [6.07, 6.45) is 1.78. The van der Waals surface area contributed by atoms with Crippen molar-refractivity contribution in [3.05, 3.63) is 53.5 Å². The van der Waals surface area contributed by atoms with Crippen LogP contribution in [0.5, 0.6) is 0 Å². The zero-order chi connectivity index (χ0) is 12.1. The molecule has 88 valence electrons. The number of pyridine rings is 2. The second-order valence-electron chi connectivity index (χ2n) is 3.84. The Hall–Kier alpha value is -1.94. The van der Waals surface area contributed by atoms with Gasteiger partial charge in [0.1, 0.15) is 5.82 Å². The Morgan fingerprint density at radius 3 is 2.82 bits per heavy atom. The van der Waals surface area contributed by atoms with Gasteiger partial charge in [0.25, 0.3) is 0 Å². The standard InChI is InChI=1S/C13H16N4/c1-10-5-6-11(8-14)13(17-10)16-9-12-4-2-3-7-15-12/h2-7H,8-9,14H2,1H3,(H,16,17). The van der Waals surface area contributed by atoms with Crippen molar-refractivity contribution >= 4 is 5.82 Å². The van der Waals surface area contributed by atoms with E-state index in [0.29, 0.717) is 13.1 Å². The van der Waals surface area contributed by atoms with Crippen LogP contribution in [0.4, 0.5) is 5.82 Å². The van der Waals surface area contributed by atoms with Crippen molar-refractivity contribution < 1.29 is 0 Å². The van der Waals surface area contributed by atoms with Gasteiger partial charge in [-0.05, 0) is 25.1 Å². The molecule has 0 aliphatic heterocycles. The first kappa shape index (κ1) is 11.5. The van der Waals surface area contributed by atoms with E-state index >= 15 is 0 Å². The van der Waals surface area contributed by atoms with Gasteiger partial charge >= 0.3 is 0 Å². The second kappa shape index (κ2) is 5.41. The summed E-state index contributed by atoms with van der Waals surface area (Å²) in [5.41, 5.74) is 8.66. The number of nitrogens with one attached hydrogen (secondary N) is 1. The lowest BCUT2D eigenvalue weighted by molar-refractivity contribution is 0.983. The topological polar surface area (TPSA) is 63.8 Å². The van der Waals surface area contributed by atoms with E-state index in [4.69, 9.17) is 5.73 Å². The Kier molecular flexibility index (Phi) is 3.67. The summed E-state index contributed by atoms with van der Waals surface area (Å²) in [5.74, 6) is 0.846. The molecule has 3 N–H and O–H groups in total. The fraction of sp³-hybridized carbons (Fsp3) is 0.231. The molecule has 0 aromatic carbocycles. The molecular weight excluding hydrogens is 212 g/mol. The van der Waals surface area contributed by atoms with Crippen molar-refractivity contribution in [2.75, 3.05) is 5.32 Å². The molecule has 0 aliphatic rings. The van der Waals surface area contributed by atoms with Crippen molar-refractivity contribution in [1.82, 2.24) is 9.97 Å². The summed E-state index contributed by atoms with van der Waals surface area (Å²) < 4.78 is 0. The first-order chi connectivity index (χ1) is 8.29. The minimum atomic E-state index is 0.484. The van der Waals surface area contributed by atoms with E-state index in [-0.39, 0.29) is 0 Å². The van der Waals surface area contributed by atoms with Crippen LogP contribution < -0.4 is 11.1 Å². The molecule has 0 fully saturated rings. The molecule has 2 rings (SSSR count). The maximum absolute atomic E-state index is 5.67. The highest BCUT2D eigenvalue weighted by Crippen LogP contribution is 2.13. The molecular formula is C13H16N4. The first-order valence-corrected chi connectivity index (χ1v) is 5.60. The number of aromatic nitrogens is 2. The van der Waals surface area contributed by atoms with E-state index in [1.807, 2.05) is 37.3 Å². The third kappa shape index (κ3) is 3.01. The third-order valence-electron chi connectivity index (χ3n) is 2.50. The molecule has 0 spiro atoms. The van der Waals surface area contributed by atoms with Gasteiger partial charge in [0, 0.05) is 24.0 Å². The summed E-state index contributed by atoms with van der Waals surface area (Å²) in [6, 6.07) is 9.82. The molecule has 2 aromatic heterocycles. The molecule has 4 heteroatoms. The summed E-state index contributed by atoms with van der Waals surface area (Å²) in [6.45, 7) is 3.11. The van der Waals surface area contributed by atoms with Crippen molar-refractivity contribution in [2.45, 2.75) is 20.0 Å². The zero-order valence-corrected chi connectivity index (χ0v) is 9.85. The van der Waals surface area contributed by atoms with Gasteiger partial charge in [-0.25, -0.2) is 4.98 Å². The molecule has 0 unspecified atom stereocenters. The van der Waals surface area contributed by atoms with Crippen LogP contribution in [0.3, 0.4) is 0 Å². The minimum absolute atomic E-state index is 0.484. The highest BCUT2D eigenvalue weighted by atomic mass is 15.0. The van der Waals surface area contributed by atoms with Crippen LogP contribution in [0, 0.1) is 6.92 Å². The van der Waals surface area contributed by atoms with Gasteiger partial charge in [0.15, 0.2) is 0 Å². The van der Waals surface area contributed by atoms with Gasteiger partial charge in [-0.2, -0.15) is 0 Å². The second-order valence-corrected chi connectivity index (χ2v) is 3.84. The molecule has 4 nitrogen and oxygen atoms in total. The van der Waals surface area contributed by atoms with Gasteiger partial charge in [-0.1, -0.05) is 12.1 Å². The molecule has 0 aliphatic carbocycles. The van der Waals surface area contributed by atoms with Crippen LogP contribution in [-0.4, -0.2) is 9.97 Å². The van der Waals surface area contributed by atoms with E-state index in [0.717, 1.165) is 22.8 Å². The van der Waals surface area contributed by atoms with Gasteiger partial charge in [-0.3, -0.25) is 4.98 Å². The number of aryl methyl sites for hydroxylation is 1. The van der Waals surface area contributed by atoms with Crippen molar-refractivity contribution in [3.63, 3.8) is 0 Å². The molecule has 0 atom stereocenters. The van der Waals surface area contributed by atoms with Crippen molar-refractivity contribution in [2.24, 2.45) is 5.73 Å². The normalized spacial score (nSPS) is 10.2. The predicted octanol–water partition coefficient (Wildman–Crippen LogP) is 1.86. The summed E-state index contributed by atoms with van der Waals surface area (Å²) in [4.78, 5) is 8.69. The van der Waals surface area contributed by atoms with Crippen LogP contribution in [0.1, 0.15) is 17.0 Å². The number of nitrogens with two attached hydrogens (primary N) is 1. The average Bonchev–Trinajstić information content (AvgIpc) is 2.38. The molecule has 0 radical (unpaired) electrons. The van der Waals surface area contributed by atoms with Crippen LogP contribution in [0.2, 0.25) is 0 Å². The third-order valence-corrected chi connectivity index (χ3v) is 2.50. The van der Waals surface area contributed by atoms with Crippen LogP contribution in [0.25, 0.3) is 0 Å². The van der Waals surface area contributed by atoms with Crippen LogP contribution in [-0.2, 0) is 13.1 Å². The number of rotatable bonds is 4.